The Labute approximate surface area is 126 Å². The summed E-state index contributed by atoms with van der Waals surface area (Å²) in [4.78, 5) is 5.94. The Bertz CT molecular complexity index is 590. The third-order valence-electron chi connectivity index (χ3n) is 3.30. The lowest BCUT2D eigenvalue weighted by molar-refractivity contribution is 0.0951. The van der Waals surface area contributed by atoms with E-state index in [1.807, 2.05) is 53.6 Å². The zero-order valence-electron chi connectivity index (χ0n) is 12.3. The molecule has 2 rings (SSSR count). The number of anilines is 1. The van der Waals surface area contributed by atoms with Gasteiger partial charge in [-0.2, -0.15) is 5.26 Å². The summed E-state index contributed by atoms with van der Waals surface area (Å²) >= 11 is 0. The molecule has 0 radical (unpaired) electrons. The predicted octanol–water partition coefficient (Wildman–Crippen LogP) is 4.10. The molecule has 0 saturated carbocycles. The fourth-order valence-electron chi connectivity index (χ4n) is 2.19. The van der Waals surface area contributed by atoms with Crippen LogP contribution in [0, 0.1) is 11.3 Å². The summed E-state index contributed by atoms with van der Waals surface area (Å²) in [6.45, 7) is 3.20. The standard InChI is InChI=1S/C18H20N2O/c1-2-17-11-6-7-12-18(17)20(14-8-13-19)21-15-16-9-4-3-5-10-16/h3-7,9-12H,2,8,14-15H2,1H3. The van der Waals surface area contributed by atoms with Gasteiger partial charge in [0, 0.05) is 0 Å². The predicted molar refractivity (Wildman–Crippen MR) is 84.6 cm³/mol. The molecule has 0 atom stereocenters. The van der Waals surface area contributed by atoms with Gasteiger partial charge >= 0.3 is 0 Å². The highest BCUT2D eigenvalue weighted by Crippen LogP contribution is 2.22. The molecular weight excluding hydrogens is 260 g/mol. The van der Waals surface area contributed by atoms with Crippen molar-refractivity contribution in [2.45, 2.75) is 26.4 Å². The molecule has 3 heteroatoms. The van der Waals surface area contributed by atoms with Gasteiger partial charge < -0.3 is 0 Å². The fraction of sp³-hybridized carbons (Fsp3) is 0.278. The lowest BCUT2D eigenvalue weighted by atomic mass is 10.1. The van der Waals surface area contributed by atoms with Gasteiger partial charge in [0.15, 0.2) is 0 Å². The van der Waals surface area contributed by atoms with E-state index in [-0.39, 0.29) is 0 Å². The van der Waals surface area contributed by atoms with Crippen molar-refractivity contribution in [3.8, 4) is 6.07 Å². The molecule has 0 spiro atoms. The van der Waals surface area contributed by atoms with E-state index >= 15 is 0 Å². The zero-order chi connectivity index (χ0) is 14.9. The third kappa shape index (κ3) is 4.34. The van der Waals surface area contributed by atoms with Gasteiger partial charge in [-0.05, 0) is 23.6 Å². The van der Waals surface area contributed by atoms with E-state index in [0.29, 0.717) is 19.6 Å². The molecule has 0 saturated heterocycles. The van der Waals surface area contributed by atoms with Gasteiger partial charge in [-0.25, -0.2) is 0 Å². The van der Waals surface area contributed by atoms with E-state index in [0.717, 1.165) is 17.7 Å². The lowest BCUT2D eigenvalue weighted by Crippen LogP contribution is -2.25. The van der Waals surface area contributed by atoms with Gasteiger partial charge in [0.1, 0.15) is 0 Å². The molecule has 2 aromatic rings. The van der Waals surface area contributed by atoms with Crippen LogP contribution in [0.3, 0.4) is 0 Å². The third-order valence-corrected chi connectivity index (χ3v) is 3.30. The maximum atomic E-state index is 8.84. The number of para-hydroxylation sites is 1. The quantitative estimate of drug-likeness (QED) is 0.716. The molecule has 0 aliphatic heterocycles. The summed E-state index contributed by atoms with van der Waals surface area (Å²) in [6.07, 6.45) is 1.38. The highest BCUT2D eigenvalue weighted by Gasteiger charge is 2.11. The molecule has 0 amide bonds. The summed E-state index contributed by atoms with van der Waals surface area (Å²) in [6, 6.07) is 20.4. The maximum Gasteiger partial charge on any atom is 0.0999 e. The van der Waals surface area contributed by atoms with Gasteiger partial charge in [-0.1, -0.05) is 55.5 Å². The van der Waals surface area contributed by atoms with Crippen LogP contribution < -0.4 is 5.06 Å². The van der Waals surface area contributed by atoms with Crippen LogP contribution in [0.2, 0.25) is 0 Å². The first kappa shape index (κ1) is 15.1. The molecule has 2 aromatic carbocycles. The van der Waals surface area contributed by atoms with E-state index in [4.69, 9.17) is 10.1 Å². The van der Waals surface area contributed by atoms with Crippen LogP contribution in [0.1, 0.15) is 24.5 Å². The highest BCUT2D eigenvalue weighted by atomic mass is 16.7. The van der Waals surface area contributed by atoms with Crippen LogP contribution in [0.25, 0.3) is 0 Å². The fourth-order valence-corrected chi connectivity index (χ4v) is 2.19. The van der Waals surface area contributed by atoms with Crippen molar-refractivity contribution in [1.29, 1.82) is 5.26 Å². The number of aryl methyl sites for hydroxylation is 1. The van der Waals surface area contributed by atoms with E-state index < -0.39 is 0 Å². The van der Waals surface area contributed by atoms with E-state index in [1.165, 1.54) is 5.56 Å². The first-order valence-corrected chi connectivity index (χ1v) is 7.24. The van der Waals surface area contributed by atoms with Crippen LogP contribution in [0.15, 0.2) is 54.6 Å². The number of nitriles is 1. The summed E-state index contributed by atoms with van der Waals surface area (Å²) in [5.41, 5.74) is 3.39. The van der Waals surface area contributed by atoms with Crippen LogP contribution >= 0.6 is 0 Å². The lowest BCUT2D eigenvalue weighted by Gasteiger charge is -2.25. The molecular formula is C18H20N2O. The van der Waals surface area contributed by atoms with Gasteiger partial charge in [0.05, 0.1) is 31.3 Å². The number of hydrogen-bond donors (Lipinski definition) is 0. The van der Waals surface area contributed by atoms with Gasteiger partial charge in [-0.3, -0.25) is 9.90 Å². The monoisotopic (exact) mass is 280 g/mol. The largest absolute Gasteiger partial charge is 0.269 e. The van der Waals surface area contributed by atoms with Crippen molar-refractivity contribution in [2.24, 2.45) is 0 Å². The zero-order valence-corrected chi connectivity index (χ0v) is 12.3. The minimum atomic E-state index is 0.437. The number of benzene rings is 2. The molecule has 0 unspecified atom stereocenters. The highest BCUT2D eigenvalue weighted by molar-refractivity contribution is 5.51. The molecule has 108 valence electrons. The Morgan fingerprint density at radius 2 is 1.76 bits per heavy atom. The average molecular weight is 280 g/mol. The molecule has 21 heavy (non-hydrogen) atoms. The van der Waals surface area contributed by atoms with Crippen LogP contribution in [-0.4, -0.2) is 6.54 Å². The topological polar surface area (TPSA) is 36.3 Å². The van der Waals surface area contributed by atoms with E-state index in [9.17, 15) is 0 Å². The van der Waals surface area contributed by atoms with E-state index in [1.54, 1.807) is 0 Å². The Balaban J connectivity index is 2.12. The molecule has 0 N–H and O–H groups in total. The minimum absolute atomic E-state index is 0.437. The van der Waals surface area contributed by atoms with Crippen molar-refractivity contribution < 1.29 is 4.84 Å². The smallest absolute Gasteiger partial charge is 0.0999 e. The SMILES string of the molecule is CCc1ccccc1N(CCC#N)OCc1ccccc1. The minimum Gasteiger partial charge on any atom is -0.269 e. The summed E-state index contributed by atoms with van der Waals surface area (Å²) in [5.74, 6) is 0. The molecule has 0 aliphatic rings. The molecule has 0 heterocycles. The Hall–Kier alpha value is -2.31. The van der Waals surface area contributed by atoms with Crippen LogP contribution in [-0.2, 0) is 17.9 Å². The number of nitrogens with zero attached hydrogens (tertiary/aromatic N) is 2. The van der Waals surface area contributed by atoms with Gasteiger partial charge in [-0.15, -0.1) is 0 Å². The molecule has 0 aromatic heterocycles. The second-order valence-corrected chi connectivity index (χ2v) is 4.75. The van der Waals surface area contributed by atoms with Crippen molar-refractivity contribution in [2.75, 3.05) is 11.6 Å². The molecule has 0 fully saturated rings. The van der Waals surface area contributed by atoms with E-state index in [2.05, 4.69) is 19.1 Å². The normalized spacial score (nSPS) is 10.1. The Morgan fingerprint density at radius 1 is 1.05 bits per heavy atom. The summed E-state index contributed by atoms with van der Waals surface area (Å²) in [7, 11) is 0. The van der Waals surface area contributed by atoms with Gasteiger partial charge in [0.25, 0.3) is 0 Å². The van der Waals surface area contributed by atoms with Crippen LogP contribution in [0.5, 0.6) is 0 Å². The summed E-state index contributed by atoms with van der Waals surface area (Å²) < 4.78 is 0. The second-order valence-electron chi connectivity index (χ2n) is 4.75. The number of hydrogen-bond acceptors (Lipinski definition) is 3. The van der Waals surface area contributed by atoms with Crippen molar-refractivity contribution in [3.63, 3.8) is 0 Å². The van der Waals surface area contributed by atoms with Gasteiger partial charge in [0.2, 0.25) is 0 Å². The maximum absolute atomic E-state index is 8.84. The van der Waals surface area contributed by atoms with Crippen molar-refractivity contribution in [3.05, 3.63) is 65.7 Å². The first-order chi connectivity index (χ1) is 10.3. The Kier molecular flexibility index (Phi) is 5.81. The first-order valence-electron chi connectivity index (χ1n) is 7.24. The van der Waals surface area contributed by atoms with Crippen LogP contribution in [0.4, 0.5) is 5.69 Å². The average Bonchev–Trinajstić information content (AvgIpc) is 2.56. The molecule has 3 nitrogen and oxygen atoms in total. The number of rotatable bonds is 7. The molecule has 0 bridgehead atoms. The second kappa shape index (κ2) is 8.08. The Morgan fingerprint density at radius 3 is 2.48 bits per heavy atom. The van der Waals surface area contributed by atoms with Crippen molar-refractivity contribution in [1.82, 2.24) is 0 Å². The molecule has 0 aliphatic carbocycles. The number of hydroxylamine groups is 1. The van der Waals surface area contributed by atoms with Crippen molar-refractivity contribution >= 4 is 5.69 Å². The summed E-state index contributed by atoms with van der Waals surface area (Å²) in [5, 5.41) is 10.7.